The van der Waals surface area contributed by atoms with Crippen LogP contribution in [0.4, 0.5) is 26.3 Å². The summed E-state index contributed by atoms with van der Waals surface area (Å²) in [5.74, 6) is -5.21. The highest BCUT2D eigenvalue weighted by Crippen LogP contribution is 2.58. The number of aliphatic hydroxyl groups excluding tert-OH is 1. The smallest absolute Gasteiger partial charge is 0.382 e. The largest absolute Gasteiger partial charge is 0.435 e. The topological polar surface area (TPSA) is 123 Å². The van der Waals surface area contributed by atoms with Gasteiger partial charge < -0.3 is 16.2 Å². The third kappa shape index (κ3) is 5.32. The van der Waals surface area contributed by atoms with Crippen LogP contribution in [0.3, 0.4) is 0 Å². The number of fused-ring (bicyclic) bond motifs is 3. The zero-order valence-electron chi connectivity index (χ0n) is 22.4. The number of benzene rings is 2. The number of pyridine rings is 1. The molecular weight excluding hydrogens is 592 g/mol. The Morgan fingerprint density at radius 3 is 2.48 bits per heavy atom. The lowest BCUT2D eigenvalue weighted by molar-refractivity contribution is -0.142. The number of amides is 2. The summed E-state index contributed by atoms with van der Waals surface area (Å²) in [6.45, 7) is -0.728. The number of nitrogens with zero attached hydrogens (tertiary/aromatic N) is 3. The summed E-state index contributed by atoms with van der Waals surface area (Å²) in [4.78, 5) is 29.5. The lowest BCUT2D eigenvalue weighted by atomic mass is 9.94. The van der Waals surface area contributed by atoms with Crippen molar-refractivity contribution in [3.8, 4) is 11.1 Å². The van der Waals surface area contributed by atoms with E-state index >= 15 is 0 Å². The summed E-state index contributed by atoms with van der Waals surface area (Å²) < 4.78 is 84.4. The van der Waals surface area contributed by atoms with Crippen molar-refractivity contribution in [1.29, 1.82) is 0 Å². The molecule has 0 fully saturated rings. The Morgan fingerprint density at radius 2 is 1.80 bits per heavy atom. The molecule has 14 heteroatoms. The fourth-order valence-corrected chi connectivity index (χ4v) is 5.60. The number of aliphatic hydroxyl groups is 1. The van der Waals surface area contributed by atoms with E-state index in [4.69, 9.17) is 5.73 Å². The van der Waals surface area contributed by atoms with Gasteiger partial charge in [-0.3, -0.25) is 19.3 Å². The standard InChI is InChI=1S/C30H21F6N5O3/c31-15-6-13(7-16(32)10-15)8-22(25-17(2-1-5-38-25)14-3-4-21(33)20(9-14)29(37)44)39-23(42)12-41-26-24(18-11-19(18)27(26)43)28(40-41)30(34,35)36/h1-7,9-11,18,22,27,43H,8,12H2,(H2,37,44)(H,39,42)/t18-,22+,27-/m1/s1. The van der Waals surface area contributed by atoms with Gasteiger partial charge in [0.1, 0.15) is 30.1 Å². The van der Waals surface area contributed by atoms with Gasteiger partial charge in [-0.15, -0.1) is 0 Å². The fraction of sp³-hybridized carbons (Fsp3) is 0.200. The van der Waals surface area contributed by atoms with Gasteiger partial charge in [0.2, 0.25) is 5.91 Å². The van der Waals surface area contributed by atoms with Crippen LogP contribution < -0.4 is 11.1 Å². The summed E-state index contributed by atoms with van der Waals surface area (Å²) in [6.07, 6.45) is -3.54. The van der Waals surface area contributed by atoms with Crippen LogP contribution in [0.1, 0.15) is 56.6 Å². The van der Waals surface area contributed by atoms with Crippen LogP contribution in [0.25, 0.3) is 11.1 Å². The monoisotopic (exact) mass is 613 g/mol. The molecule has 0 aliphatic heterocycles. The number of hydrogen-bond acceptors (Lipinski definition) is 5. The molecule has 2 aliphatic rings. The second-order valence-electron chi connectivity index (χ2n) is 10.4. The molecule has 3 atom stereocenters. The molecule has 0 saturated heterocycles. The van der Waals surface area contributed by atoms with Crippen LogP contribution in [-0.2, 0) is 23.9 Å². The highest BCUT2D eigenvalue weighted by Gasteiger charge is 2.52. The maximum atomic E-state index is 14.2. The summed E-state index contributed by atoms with van der Waals surface area (Å²) in [5, 5.41) is 16.8. The molecule has 0 spiro atoms. The number of allylic oxidation sites excluding steroid dienone is 1. The van der Waals surface area contributed by atoms with Gasteiger partial charge in [-0.25, -0.2) is 13.2 Å². The average molecular weight is 614 g/mol. The highest BCUT2D eigenvalue weighted by molar-refractivity contribution is 5.94. The number of primary amides is 1. The van der Waals surface area contributed by atoms with Crippen molar-refractivity contribution in [2.75, 3.05) is 0 Å². The molecule has 0 saturated carbocycles. The minimum absolute atomic E-state index is 0.114. The van der Waals surface area contributed by atoms with E-state index in [-0.39, 0.29) is 34.5 Å². The lowest BCUT2D eigenvalue weighted by Crippen LogP contribution is -2.34. The molecule has 0 radical (unpaired) electrons. The Morgan fingerprint density at radius 1 is 1.07 bits per heavy atom. The van der Waals surface area contributed by atoms with Gasteiger partial charge >= 0.3 is 6.18 Å². The van der Waals surface area contributed by atoms with Gasteiger partial charge in [0.25, 0.3) is 5.91 Å². The first-order chi connectivity index (χ1) is 20.8. The molecule has 2 heterocycles. The summed E-state index contributed by atoms with van der Waals surface area (Å²) in [6, 6.07) is 8.24. The van der Waals surface area contributed by atoms with E-state index in [1.165, 1.54) is 30.5 Å². The van der Waals surface area contributed by atoms with Gasteiger partial charge in [-0.2, -0.15) is 18.3 Å². The molecule has 2 aromatic heterocycles. The number of nitrogens with one attached hydrogen (secondary N) is 1. The first-order valence-corrected chi connectivity index (χ1v) is 13.2. The third-order valence-electron chi connectivity index (χ3n) is 7.50. The molecule has 2 amide bonds. The van der Waals surface area contributed by atoms with E-state index in [1.54, 1.807) is 6.07 Å². The molecule has 2 aromatic carbocycles. The zero-order chi connectivity index (χ0) is 31.5. The molecule has 8 nitrogen and oxygen atoms in total. The molecule has 6 rings (SSSR count). The van der Waals surface area contributed by atoms with E-state index in [9.17, 15) is 41.0 Å². The number of carbonyl (C=O) groups excluding carboxylic acids is 2. The van der Waals surface area contributed by atoms with Crippen molar-refractivity contribution in [3.05, 3.63) is 118 Å². The Hall–Kier alpha value is -4.98. The maximum absolute atomic E-state index is 14.2. The second kappa shape index (κ2) is 10.6. The van der Waals surface area contributed by atoms with Gasteiger partial charge in [0, 0.05) is 29.3 Å². The molecule has 4 N–H and O–H groups in total. The van der Waals surface area contributed by atoms with Crippen LogP contribution >= 0.6 is 0 Å². The number of rotatable bonds is 8. The molecule has 4 aromatic rings. The molecule has 2 aliphatic carbocycles. The highest BCUT2D eigenvalue weighted by atomic mass is 19.4. The number of carbonyl (C=O) groups is 2. The van der Waals surface area contributed by atoms with E-state index in [1.807, 2.05) is 0 Å². The Kier molecular flexibility index (Phi) is 7.03. The SMILES string of the molecule is NC(=O)c1cc(-c2cccnc2[C@H](Cc2cc(F)cc(F)c2)NC(=O)Cn2nc(C(F)(F)F)c3c2[C@H](O)C2=C[C@H]23)ccc1F. The molecular formula is C30H21F6N5O3. The van der Waals surface area contributed by atoms with Crippen LogP contribution in [-0.4, -0.2) is 31.7 Å². The number of halogens is 6. The summed E-state index contributed by atoms with van der Waals surface area (Å²) >= 11 is 0. The van der Waals surface area contributed by atoms with Crippen LogP contribution in [0.2, 0.25) is 0 Å². The van der Waals surface area contributed by atoms with Gasteiger partial charge in [-0.05, 0) is 53.5 Å². The molecule has 0 unspecified atom stereocenters. The van der Waals surface area contributed by atoms with Gasteiger partial charge in [0.15, 0.2) is 5.69 Å². The predicted molar refractivity (Wildman–Crippen MR) is 142 cm³/mol. The van der Waals surface area contributed by atoms with Crippen molar-refractivity contribution in [2.24, 2.45) is 5.73 Å². The Labute approximate surface area is 244 Å². The zero-order valence-corrected chi connectivity index (χ0v) is 22.4. The van der Waals surface area contributed by atoms with E-state index < -0.39 is 71.3 Å². The lowest BCUT2D eigenvalue weighted by Gasteiger charge is -2.22. The molecule has 226 valence electrons. The minimum Gasteiger partial charge on any atom is -0.382 e. The van der Waals surface area contributed by atoms with E-state index in [2.05, 4.69) is 15.4 Å². The first-order valence-electron chi connectivity index (χ1n) is 13.2. The quantitative estimate of drug-likeness (QED) is 0.197. The minimum atomic E-state index is -4.83. The van der Waals surface area contributed by atoms with Crippen molar-refractivity contribution in [2.45, 2.75) is 37.2 Å². The molecule has 44 heavy (non-hydrogen) atoms. The van der Waals surface area contributed by atoms with Crippen molar-refractivity contribution in [3.63, 3.8) is 0 Å². The van der Waals surface area contributed by atoms with Crippen LogP contribution in [0.15, 0.2) is 66.4 Å². The summed E-state index contributed by atoms with van der Waals surface area (Å²) in [5.41, 5.74) is 4.58. The fourth-order valence-electron chi connectivity index (χ4n) is 5.60. The predicted octanol–water partition coefficient (Wildman–Crippen LogP) is 4.65. The first kappa shape index (κ1) is 29.1. The van der Waals surface area contributed by atoms with Crippen LogP contribution in [0, 0.1) is 17.5 Å². The molecule has 0 bridgehead atoms. The number of aromatic nitrogens is 3. The Balaban J connectivity index is 1.37. The van der Waals surface area contributed by atoms with Crippen molar-refractivity contribution < 1.29 is 41.0 Å². The average Bonchev–Trinajstić information content (AvgIpc) is 3.56. The van der Waals surface area contributed by atoms with Gasteiger partial charge in [0.05, 0.1) is 23.0 Å². The number of alkyl halides is 3. The van der Waals surface area contributed by atoms with Crippen molar-refractivity contribution in [1.82, 2.24) is 20.1 Å². The number of nitrogens with two attached hydrogens (primary N) is 1. The number of hydrogen-bond donors (Lipinski definition) is 3. The summed E-state index contributed by atoms with van der Waals surface area (Å²) in [7, 11) is 0. The van der Waals surface area contributed by atoms with Crippen molar-refractivity contribution >= 4 is 11.8 Å². The normalized spacial score (nSPS) is 17.5. The van der Waals surface area contributed by atoms with E-state index in [0.717, 1.165) is 22.9 Å². The van der Waals surface area contributed by atoms with Crippen LogP contribution in [0.5, 0.6) is 0 Å². The van der Waals surface area contributed by atoms with E-state index in [0.29, 0.717) is 17.2 Å². The Bertz CT molecular complexity index is 1850. The maximum Gasteiger partial charge on any atom is 0.435 e. The van der Waals surface area contributed by atoms with Gasteiger partial charge in [-0.1, -0.05) is 18.2 Å². The second-order valence-corrected chi connectivity index (χ2v) is 10.4. The third-order valence-corrected chi connectivity index (χ3v) is 7.50.